The minimum Gasteiger partial charge on any atom is -0.481 e. The van der Waals surface area contributed by atoms with E-state index >= 15 is 0 Å². The van der Waals surface area contributed by atoms with E-state index in [-0.39, 0.29) is 12.3 Å². The molecule has 1 heterocycles. The third-order valence-electron chi connectivity index (χ3n) is 2.29. The zero-order chi connectivity index (χ0) is 9.68. The molecule has 1 aliphatic heterocycles. The Morgan fingerprint density at radius 3 is 2.92 bits per heavy atom. The summed E-state index contributed by atoms with van der Waals surface area (Å²) in [6.45, 7) is 1.41. The van der Waals surface area contributed by atoms with Gasteiger partial charge >= 0.3 is 5.97 Å². The highest BCUT2D eigenvalue weighted by molar-refractivity contribution is 5.71. The lowest BCUT2D eigenvalue weighted by atomic mass is 9.93. The van der Waals surface area contributed by atoms with Gasteiger partial charge in [-0.2, -0.15) is 0 Å². The number of aldehydes is 1. The Bertz CT molecular complexity index is 184. The number of aliphatic carboxylic acids is 1. The van der Waals surface area contributed by atoms with Gasteiger partial charge in [0.25, 0.3) is 0 Å². The Labute approximate surface area is 76.9 Å². The van der Waals surface area contributed by atoms with E-state index in [0.29, 0.717) is 18.9 Å². The molecule has 0 aromatic carbocycles. The van der Waals surface area contributed by atoms with E-state index in [4.69, 9.17) is 9.84 Å². The van der Waals surface area contributed by atoms with Crippen molar-refractivity contribution in [3.05, 3.63) is 0 Å². The highest BCUT2D eigenvalue weighted by Gasteiger charge is 2.21. The molecule has 1 rings (SSSR count). The molecule has 4 nitrogen and oxygen atoms in total. The molecule has 0 radical (unpaired) electrons. The maximum atomic E-state index is 10.5. The van der Waals surface area contributed by atoms with Crippen LogP contribution in [0.5, 0.6) is 0 Å². The third kappa shape index (κ3) is 3.55. The van der Waals surface area contributed by atoms with Crippen LogP contribution in [0.3, 0.4) is 0 Å². The second-order valence-corrected chi connectivity index (χ2v) is 3.46. The molecule has 0 bridgehead atoms. The quantitative estimate of drug-likeness (QED) is 0.642. The second-order valence-electron chi connectivity index (χ2n) is 3.46. The molecule has 4 heteroatoms. The van der Waals surface area contributed by atoms with Crippen LogP contribution in [0.4, 0.5) is 0 Å². The average molecular weight is 186 g/mol. The summed E-state index contributed by atoms with van der Waals surface area (Å²) in [7, 11) is 0. The van der Waals surface area contributed by atoms with E-state index in [1.165, 1.54) is 0 Å². The van der Waals surface area contributed by atoms with E-state index in [1.54, 1.807) is 0 Å². The van der Waals surface area contributed by atoms with Gasteiger partial charge in [0.05, 0.1) is 6.42 Å². The number of rotatable bonds is 5. The van der Waals surface area contributed by atoms with Crippen LogP contribution >= 0.6 is 0 Å². The number of carboxylic acid groups (broad SMARTS) is 1. The van der Waals surface area contributed by atoms with Crippen LogP contribution in [0, 0.1) is 11.8 Å². The fraction of sp³-hybridized carbons (Fsp3) is 0.778. The van der Waals surface area contributed by atoms with E-state index < -0.39 is 5.97 Å². The van der Waals surface area contributed by atoms with Crippen molar-refractivity contribution in [1.82, 2.24) is 0 Å². The highest BCUT2D eigenvalue weighted by Crippen LogP contribution is 2.21. The average Bonchev–Trinajstić information content (AvgIpc) is 2.55. The van der Waals surface area contributed by atoms with Gasteiger partial charge in [-0.05, 0) is 18.8 Å². The van der Waals surface area contributed by atoms with Crippen LogP contribution in [-0.2, 0) is 14.3 Å². The third-order valence-corrected chi connectivity index (χ3v) is 2.29. The lowest BCUT2D eigenvalue weighted by Gasteiger charge is -2.11. The molecule has 0 aliphatic carbocycles. The largest absolute Gasteiger partial charge is 0.481 e. The first-order chi connectivity index (χ1) is 6.22. The molecule has 1 N–H and O–H groups in total. The van der Waals surface area contributed by atoms with Crippen molar-refractivity contribution in [1.29, 1.82) is 0 Å². The Kier molecular flexibility index (Phi) is 3.89. The van der Waals surface area contributed by atoms with Gasteiger partial charge in [0.2, 0.25) is 0 Å². The zero-order valence-electron chi connectivity index (χ0n) is 7.44. The molecule has 1 fully saturated rings. The van der Waals surface area contributed by atoms with Gasteiger partial charge in [-0.25, -0.2) is 0 Å². The normalized spacial score (nSPS) is 24.2. The van der Waals surface area contributed by atoms with E-state index in [9.17, 15) is 9.59 Å². The monoisotopic (exact) mass is 186 g/mol. The molecule has 0 aromatic rings. The van der Waals surface area contributed by atoms with Crippen LogP contribution in [0.1, 0.15) is 19.3 Å². The molecule has 2 atom stereocenters. The smallest absolute Gasteiger partial charge is 0.304 e. The molecule has 0 amide bonds. The summed E-state index contributed by atoms with van der Waals surface area (Å²) in [4.78, 5) is 20.9. The van der Waals surface area contributed by atoms with Crippen LogP contribution in [0.15, 0.2) is 0 Å². The minimum atomic E-state index is -0.906. The lowest BCUT2D eigenvalue weighted by Crippen LogP contribution is -2.14. The van der Waals surface area contributed by atoms with Crippen LogP contribution < -0.4 is 0 Å². The van der Waals surface area contributed by atoms with Gasteiger partial charge in [-0.1, -0.05) is 0 Å². The van der Waals surface area contributed by atoms with Crippen molar-refractivity contribution in [3.63, 3.8) is 0 Å². The van der Waals surface area contributed by atoms with E-state index in [1.807, 2.05) is 0 Å². The molecule has 0 saturated carbocycles. The highest BCUT2D eigenvalue weighted by atomic mass is 16.5. The summed E-state index contributed by atoms with van der Waals surface area (Å²) in [5.41, 5.74) is 0. The van der Waals surface area contributed by atoms with E-state index in [2.05, 4.69) is 0 Å². The molecule has 2 unspecified atom stereocenters. The van der Waals surface area contributed by atoms with Crippen molar-refractivity contribution >= 4 is 12.3 Å². The molecule has 1 saturated heterocycles. The van der Waals surface area contributed by atoms with Crippen LogP contribution in [0.2, 0.25) is 0 Å². The molecule has 0 aromatic heterocycles. The van der Waals surface area contributed by atoms with Gasteiger partial charge < -0.3 is 14.6 Å². The van der Waals surface area contributed by atoms with Gasteiger partial charge in [0.15, 0.2) is 0 Å². The first kappa shape index (κ1) is 10.2. The van der Waals surface area contributed by atoms with Crippen molar-refractivity contribution in [2.45, 2.75) is 19.3 Å². The standard InChI is InChI=1S/C9H14O4/c10-5-8(4-9(11)12)3-7-1-2-13-6-7/h5,7-8H,1-4,6H2,(H,11,12). The summed E-state index contributed by atoms with van der Waals surface area (Å²) in [5.74, 6) is -0.880. The fourth-order valence-corrected chi connectivity index (χ4v) is 1.61. The summed E-state index contributed by atoms with van der Waals surface area (Å²) in [5, 5.41) is 8.50. The number of hydrogen-bond acceptors (Lipinski definition) is 3. The summed E-state index contributed by atoms with van der Waals surface area (Å²) >= 11 is 0. The van der Waals surface area contributed by atoms with Gasteiger partial charge in [0.1, 0.15) is 6.29 Å². The van der Waals surface area contributed by atoms with Crippen LogP contribution in [0.25, 0.3) is 0 Å². The fourth-order valence-electron chi connectivity index (χ4n) is 1.61. The maximum absolute atomic E-state index is 10.5. The Morgan fingerprint density at radius 1 is 1.69 bits per heavy atom. The van der Waals surface area contributed by atoms with Crippen LogP contribution in [-0.4, -0.2) is 30.6 Å². The van der Waals surface area contributed by atoms with Gasteiger partial charge in [0, 0.05) is 19.1 Å². The lowest BCUT2D eigenvalue weighted by molar-refractivity contribution is -0.139. The van der Waals surface area contributed by atoms with Crippen molar-refractivity contribution in [2.24, 2.45) is 11.8 Å². The van der Waals surface area contributed by atoms with E-state index in [0.717, 1.165) is 19.3 Å². The molecule has 1 aliphatic rings. The first-order valence-corrected chi connectivity index (χ1v) is 4.47. The first-order valence-electron chi connectivity index (χ1n) is 4.47. The Morgan fingerprint density at radius 2 is 2.46 bits per heavy atom. The molecule has 0 spiro atoms. The molecular formula is C9H14O4. The van der Waals surface area contributed by atoms with Gasteiger partial charge in [-0.15, -0.1) is 0 Å². The topological polar surface area (TPSA) is 63.6 Å². The Balaban J connectivity index is 2.29. The molecule has 13 heavy (non-hydrogen) atoms. The second kappa shape index (κ2) is 4.97. The predicted molar refractivity (Wildman–Crippen MR) is 45.3 cm³/mol. The number of ether oxygens (including phenoxy) is 1. The minimum absolute atomic E-state index is 0.0556. The SMILES string of the molecule is O=CC(CC(=O)O)CC1CCOC1. The van der Waals surface area contributed by atoms with Crippen molar-refractivity contribution in [2.75, 3.05) is 13.2 Å². The summed E-state index contributed by atoms with van der Waals surface area (Å²) in [6, 6.07) is 0. The maximum Gasteiger partial charge on any atom is 0.304 e. The summed E-state index contributed by atoms with van der Waals surface area (Å²) < 4.78 is 5.14. The number of carboxylic acids is 1. The predicted octanol–water partition coefficient (Wildman–Crippen LogP) is 0.703. The molecule has 74 valence electrons. The van der Waals surface area contributed by atoms with Crippen molar-refractivity contribution in [3.8, 4) is 0 Å². The zero-order valence-corrected chi connectivity index (χ0v) is 7.44. The summed E-state index contributed by atoms with van der Waals surface area (Å²) in [6.07, 6.45) is 2.28. The molecular weight excluding hydrogens is 172 g/mol. The number of carbonyl (C=O) groups is 2. The van der Waals surface area contributed by atoms with Crippen molar-refractivity contribution < 1.29 is 19.4 Å². The Hall–Kier alpha value is -0.900. The number of carbonyl (C=O) groups excluding carboxylic acids is 1. The number of hydrogen-bond donors (Lipinski definition) is 1. The van der Waals surface area contributed by atoms with Gasteiger partial charge in [-0.3, -0.25) is 4.79 Å².